The molecule has 2 saturated carbocycles. The smallest absolute Gasteiger partial charge is 0.0581 e. The second kappa shape index (κ2) is 5.27. The lowest BCUT2D eigenvalue weighted by atomic mass is 9.70. The Morgan fingerprint density at radius 1 is 1.00 bits per heavy atom. The zero-order valence-electron chi connectivity index (χ0n) is 11.0. The maximum absolute atomic E-state index is 5.88. The Kier molecular flexibility index (Phi) is 3.72. The molecular weight excluding hydrogens is 210 g/mol. The van der Waals surface area contributed by atoms with Crippen molar-refractivity contribution in [3.63, 3.8) is 0 Å². The van der Waals surface area contributed by atoms with Gasteiger partial charge in [0.15, 0.2) is 0 Å². The Bertz CT molecular complexity index is 237. The molecule has 98 valence electrons. The normalized spacial score (nSPS) is 32.8. The molecular formula is C15H27NO. The van der Waals surface area contributed by atoms with Crippen LogP contribution in [0.3, 0.4) is 0 Å². The number of rotatable bonds is 5. The third kappa shape index (κ3) is 3.23. The number of hydrogen-bond acceptors (Lipinski definition) is 2. The maximum atomic E-state index is 5.88. The van der Waals surface area contributed by atoms with E-state index in [1.54, 1.807) is 0 Å². The van der Waals surface area contributed by atoms with Gasteiger partial charge in [0.25, 0.3) is 0 Å². The van der Waals surface area contributed by atoms with Crippen molar-refractivity contribution in [1.82, 2.24) is 5.32 Å². The molecule has 0 spiro atoms. The van der Waals surface area contributed by atoms with Crippen LogP contribution in [0.15, 0.2) is 0 Å². The molecule has 0 bridgehead atoms. The van der Waals surface area contributed by atoms with E-state index in [1.807, 2.05) is 0 Å². The Morgan fingerprint density at radius 3 is 2.47 bits per heavy atom. The van der Waals surface area contributed by atoms with Crippen molar-refractivity contribution in [2.45, 2.75) is 76.4 Å². The molecule has 0 radical (unpaired) electrons. The van der Waals surface area contributed by atoms with E-state index in [1.165, 1.54) is 70.8 Å². The highest BCUT2D eigenvalue weighted by Crippen LogP contribution is 2.42. The summed E-state index contributed by atoms with van der Waals surface area (Å²) >= 11 is 0. The minimum Gasteiger partial charge on any atom is -0.378 e. The molecule has 2 nitrogen and oxygen atoms in total. The lowest BCUT2D eigenvalue weighted by molar-refractivity contribution is 0.0427. The molecule has 17 heavy (non-hydrogen) atoms. The van der Waals surface area contributed by atoms with Gasteiger partial charge < -0.3 is 10.1 Å². The molecule has 3 rings (SSSR count). The van der Waals surface area contributed by atoms with Crippen LogP contribution in [0.2, 0.25) is 0 Å². The number of hydrogen-bond donors (Lipinski definition) is 1. The van der Waals surface area contributed by atoms with Crippen LogP contribution in [0.1, 0.15) is 64.2 Å². The van der Waals surface area contributed by atoms with Crippen molar-refractivity contribution in [2.24, 2.45) is 5.41 Å². The minimum atomic E-state index is 0.578. The first-order valence-electron chi connectivity index (χ1n) is 7.71. The standard InChI is InChI=1S/C15H27NO/c1-2-8-15(9-3-1,12-16-13-6-7-13)11-14-5-4-10-17-14/h13-14,16H,1-12H2. The number of nitrogens with one attached hydrogen (secondary N) is 1. The molecule has 0 amide bonds. The second-order valence-electron chi connectivity index (χ2n) is 6.55. The first kappa shape index (κ1) is 12.0. The van der Waals surface area contributed by atoms with Crippen molar-refractivity contribution >= 4 is 0 Å². The Labute approximate surface area is 105 Å². The summed E-state index contributed by atoms with van der Waals surface area (Å²) < 4.78 is 5.88. The Morgan fingerprint density at radius 2 is 1.82 bits per heavy atom. The van der Waals surface area contributed by atoms with Gasteiger partial charge in [0, 0.05) is 19.2 Å². The fourth-order valence-electron chi connectivity index (χ4n) is 3.69. The molecule has 1 atom stereocenters. The largest absolute Gasteiger partial charge is 0.378 e. The van der Waals surface area contributed by atoms with E-state index < -0.39 is 0 Å². The monoisotopic (exact) mass is 237 g/mol. The van der Waals surface area contributed by atoms with E-state index in [-0.39, 0.29) is 0 Å². The van der Waals surface area contributed by atoms with Gasteiger partial charge in [0.2, 0.25) is 0 Å². The lowest BCUT2D eigenvalue weighted by Gasteiger charge is -2.39. The fourth-order valence-corrected chi connectivity index (χ4v) is 3.69. The summed E-state index contributed by atoms with van der Waals surface area (Å²) in [7, 11) is 0. The quantitative estimate of drug-likeness (QED) is 0.792. The van der Waals surface area contributed by atoms with E-state index >= 15 is 0 Å². The summed E-state index contributed by atoms with van der Waals surface area (Å²) in [5, 5.41) is 3.79. The summed E-state index contributed by atoms with van der Waals surface area (Å²) in [6, 6.07) is 0.860. The van der Waals surface area contributed by atoms with Gasteiger partial charge in [0.05, 0.1) is 6.10 Å². The van der Waals surface area contributed by atoms with E-state index in [0.29, 0.717) is 11.5 Å². The summed E-state index contributed by atoms with van der Waals surface area (Å²) in [5.41, 5.74) is 0.579. The van der Waals surface area contributed by atoms with Crippen molar-refractivity contribution in [3.05, 3.63) is 0 Å². The molecule has 1 aliphatic heterocycles. The van der Waals surface area contributed by atoms with Crippen LogP contribution in [0.4, 0.5) is 0 Å². The van der Waals surface area contributed by atoms with Crippen molar-refractivity contribution in [1.29, 1.82) is 0 Å². The average Bonchev–Trinajstić information content (AvgIpc) is 3.06. The molecule has 0 aromatic rings. The molecule has 1 saturated heterocycles. The highest BCUT2D eigenvalue weighted by molar-refractivity contribution is 4.91. The minimum absolute atomic E-state index is 0.578. The molecule has 2 aliphatic carbocycles. The van der Waals surface area contributed by atoms with Gasteiger partial charge in [-0.05, 0) is 50.4 Å². The van der Waals surface area contributed by atoms with Gasteiger partial charge in [-0.15, -0.1) is 0 Å². The van der Waals surface area contributed by atoms with Gasteiger partial charge in [0.1, 0.15) is 0 Å². The SMILES string of the molecule is C1CCC(CNC2CC2)(CC2CCCO2)CC1. The fraction of sp³-hybridized carbons (Fsp3) is 1.00. The topological polar surface area (TPSA) is 21.3 Å². The molecule has 0 aromatic carbocycles. The zero-order valence-corrected chi connectivity index (χ0v) is 11.0. The number of ether oxygens (including phenoxy) is 1. The Balaban J connectivity index is 1.56. The highest BCUT2D eigenvalue weighted by atomic mass is 16.5. The van der Waals surface area contributed by atoms with E-state index in [2.05, 4.69) is 5.32 Å². The average molecular weight is 237 g/mol. The van der Waals surface area contributed by atoms with Crippen molar-refractivity contribution in [3.8, 4) is 0 Å². The summed E-state index contributed by atoms with van der Waals surface area (Å²) in [5.74, 6) is 0. The van der Waals surface area contributed by atoms with Crippen LogP contribution in [-0.2, 0) is 4.74 Å². The first-order valence-corrected chi connectivity index (χ1v) is 7.71. The van der Waals surface area contributed by atoms with Crippen molar-refractivity contribution < 1.29 is 4.74 Å². The van der Waals surface area contributed by atoms with Crippen LogP contribution in [0.25, 0.3) is 0 Å². The van der Waals surface area contributed by atoms with Crippen LogP contribution >= 0.6 is 0 Å². The summed E-state index contributed by atoms with van der Waals surface area (Å²) in [4.78, 5) is 0. The predicted octanol–water partition coefficient (Wildman–Crippen LogP) is 3.26. The molecule has 2 heteroatoms. The van der Waals surface area contributed by atoms with E-state index in [0.717, 1.165) is 12.6 Å². The maximum Gasteiger partial charge on any atom is 0.0581 e. The van der Waals surface area contributed by atoms with Gasteiger partial charge >= 0.3 is 0 Å². The van der Waals surface area contributed by atoms with Crippen LogP contribution in [0.5, 0.6) is 0 Å². The predicted molar refractivity (Wildman–Crippen MR) is 70.1 cm³/mol. The van der Waals surface area contributed by atoms with Crippen molar-refractivity contribution in [2.75, 3.05) is 13.2 Å². The molecule has 0 aromatic heterocycles. The summed E-state index contributed by atoms with van der Waals surface area (Å²) in [6.45, 7) is 2.27. The van der Waals surface area contributed by atoms with Gasteiger partial charge in [-0.25, -0.2) is 0 Å². The molecule has 1 heterocycles. The second-order valence-corrected chi connectivity index (χ2v) is 6.55. The molecule has 1 unspecified atom stereocenters. The van der Waals surface area contributed by atoms with Crippen LogP contribution < -0.4 is 5.32 Å². The third-order valence-electron chi connectivity index (χ3n) is 4.94. The molecule has 3 aliphatic rings. The summed E-state index contributed by atoms with van der Waals surface area (Å²) in [6.07, 6.45) is 14.5. The van der Waals surface area contributed by atoms with Gasteiger partial charge in [-0.3, -0.25) is 0 Å². The van der Waals surface area contributed by atoms with E-state index in [4.69, 9.17) is 4.74 Å². The van der Waals surface area contributed by atoms with Gasteiger partial charge in [-0.2, -0.15) is 0 Å². The van der Waals surface area contributed by atoms with Gasteiger partial charge in [-0.1, -0.05) is 19.3 Å². The highest BCUT2D eigenvalue weighted by Gasteiger charge is 2.37. The third-order valence-corrected chi connectivity index (χ3v) is 4.94. The zero-order chi connectivity index (χ0) is 11.6. The molecule has 1 N–H and O–H groups in total. The first-order chi connectivity index (χ1) is 8.36. The van der Waals surface area contributed by atoms with E-state index in [9.17, 15) is 0 Å². The Hall–Kier alpha value is -0.0800. The molecule has 3 fully saturated rings. The lowest BCUT2D eigenvalue weighted by Crippen LogP contribution is -2.39. The van der Waals surface area contributed by atoms with Crippen LogP contribution in [-0.4, -0.2) is 25.3 Å². The van der Waals surface area contributed by atoms with Crippen LogP contribution in [0, 0.1) is 5.41 Å².